The summed E-state index contributed by atoms with van der Waals surface area (Å²) in [5.41, 5.74) is 0.615. The van der Waals surface area contributed by atoms with Gasteiger partial charge in [0.25, 0.3) is 5.91 Å². The van der Waals surface area contributed by atoms with Crippen molar-refractivity contribution < 1.29 is 23.6 Å². The molecular weight excluding hydrogens is 506 g/mol. The van der Waals surface area contributed by atoms with E-state index in [-0.39, 0.29) is 36.6 Å². The number of hydrogen-bond acceptors (Lipinski definition) is 6. The molecule has 1 unspecified atom stereocenters. The van der Waals surface area contributed by atoms with Crippen molar-refractivity contribution in [1.29, 1.82) is 0 Å². The van der Waals surface area contributed by atoms with Gasteiger partial charge in [0.1, 0.15) is 6.04 Å². The Balaban J connectivity index is 1.31. The van der Waals surface area contributed by atoms with E-state index < -0.39 is 6.04 Å². The number of piperazine rings is 2. The van der Waals surface area contributed by atoms with E-state index in [4.69, 9.17) is 4.42 Å². The molecule has 2 aromatic rings. The molecule has 0 spiro atoms. The number of nitrogens with one attached hydrogen (secondary N) is 2. The maximum atomic E-state index is 13.1. The van der Waals surface area contributed by atoms with Crippen molar-refractivity contribution in [3.05, 3.63) is 52.9 Å². The molecule has 0 saturated carbocycles. The van der Waals surface area contributed by atoms with Crippen molar-refractivity contribution in [3.8, 4) is 0 Å². The first kappa shape index (κ1) is 24.0. The first-order valence-corrected chi connectivity index (χ1v) is 11.9. The minimum Gasteiger partial charge on any atom is -0.459 e. The molecule has 0 aliphatic carbocycles. The highest BCUT2D eigenvalue weighted by atomic mass is 79.9. The van der Waals surface area contributed by atoms with Crippen molar-refractivity contribution in [2.45, 2.75) is 12.5 Å². The van der Waals surface area contributed by atoms with Crippen LogP contribution in [0.15, 0.2) is 51.6 Å². The summed E-state index contributed by atoms with van der Waals surface area (Å²) in [4.78, 5) is 55.7. The van der Waals surface area contributed by atoms with Crippen LogP contribution in [0.2, 0.25) is 0 Å². The summed E-state index contributed by atoms with van der Waals surface area (Å²) in [6.45, 7) is 2.85. The lowest BCUT2D eigenvalue weighted by atomic mass is 10.1. The molecule has 4 amide bonds. The summed E-state index contributed by atoms with van der Waals surface area (Å²) in [6, 6.07) is 9.56. The Hall–Kier alpha value is -3.18. The minimum atomic E-state index is -0.862. The van der Waals surface area contributed by atoms with Gasteiger partial charge >= 0.3 is 0 Å². The van der Waals surface area contributed by atoms with E-state index in [1.54, 1.807) is 41.3 Å². The van der Waals surface area contributed by atoms with Gasteiger partial charge in [0.15, 0.2) is 5.76 Å². The molecular formula is C23H26BrN5O5. The van der Waals surface area contributed by atoms with E-state index in [0.717, 1.165) is 4.47 Å². The van der Waals surface area contributed by atoms with Gasteiger partial charge in [-0.25, -0.2) is 0 Å². The van der Waals surface area contributed by atoms with E-state index >= 15 is 0 Å². The molecule has 34 heavy (non-hydrogen) atoms. The van der Waals surface area contributed by atoms with Crippen LogP contribution < -0.4 is 10.6 Å². The number of nitrogens with zero attached hydrogens (tertiary/aromatic N) is 3. The fraction of sp³-hybridized carbons (Fsp3) is 0.391. The SMILES string of the molecule is O=C(CC1C(=O)NCCN1C(=O)CN1CCN(C(=O)c2ccco2)CC1)Nc1ccc(Br)cc1. The summed E-state index contributed by atoms with van der Waals surface area (Å²) in [5.74, 6) is -0.748. The number of benzene rings is 1. The fourth-order valence-corrected chi connectivity index (χ4v) is 4.35. The average Bonchev–Trinajstić information content (AvgIpc) is 3.37. The van der Waals surface area contributed by atoms with Crippen LogP contribution in [-0.2, 0) is 14.4 Å². The number of carbonyl (C=O) groups is 4. The Labute approximate surface area is 205 Å². The highest BCUT2D eigenvalue weighted by Crippen LogP contribution is 2.17. The fourth-order valence-electron chi connectivity index (χ4n) is 4.08. The molecule has 2 aliphatic heterocycles. The molecule has 1 aromatic carbocycles. The molecule has 4 rings (SSSR count). The van der Waals surface area contributed by atoms with Crippen molar-refractivity contribution in [2.24, 2.45) is 0 Å². The molecule has 1 atom stereocenters. The maximum Gasteiger partial charge on any atom is 0.289 e. The van der Waals surface area contributed by atoms with E-state index in [1.807, 2.05) is 4.90 Å². The second-order valence-corrected chi connectivity index (χ2v) is 9.11. The Morgan fingerprint density at radius 1 is 1.06 bits per heavy atom. The molecule has 2 fully saturated rings. The highest BCUT2D eigenvalue weighted by Gasteiger charge is 2.35. The normalized spacial score (nSPS) is 19.0. The third-order valence-corrected chi connectivity index (χ3v) is 6.44. The van der Waals surface area contributed by atoms with E-state index in [0.29, 0.717) is 50.7 Å². The number of hydrogen-bond donors (Lipinski definition) is 2. The van der Waals surface area contributed by atoms with Crippen LogP contribution in [0.25, 0.3) is 0 Å². The topological polar surface area (TPSA) is 115 Å². The smallest absolute Gasteiger partial charge is 0.289 e. The van der Waals surface area contributed by atoms with Crippen LogP contribution in [0, 0.1) is 0 Å². The van der Waals surface area contributed by atoms with Gasteiger partial charge in [-0.05, 0) is 36.4 Å². The number of rotatable bonds is 6. The standard InChI is InChI=1S/C23H26BrN5O5/c24-16-3-5-17(6-4-16)26-20(30)14-18-22(32)25-7-8-29(18)21(31)15-27-9-11-28(12-10-27)23(33)19-2-1-13-34-19/h1-6,13,18H,7-12,14-15H2,(H,25,32)(H,26,30). The van der Waals surface area contributed by atoms with Crippen LogP contribution in [-0.4, -0.2) is 90.2 Å². The number of amides is 4. The average molecular weight is 532 g/mol. The molecule has 0 bridgehead atoms. The minimum absolute atomic E-state index is 0.126. The van der Waals surface area contributed by atoms with Crippen LogP contribution >= 0.6 is 15.9 Å². The zero-order valence-electron chi connectivity index (χ0n) is 18.5. The van der Waals surface area contributed by atoms with Crippen molar-refractivity contribution in [1.82, 2.24) is 20.0 Å². The van der Waals surface area contributed by atoms with E-state index in [9.17, 15) is 19.2 Å². The van der Waals surface area contributed by atoms with Gasteiger partial charge in [-0.15, -0.1) is 0 Å². The van der Waals surface area contributed by atoms with Gasteiger partial charge in [-0.1, -0.05) is 15.9 Å². The molecule has 3 heterocycles. The van der Waals surface area contributed by atoms with Gasteiger partial charge in [-0.3, -0.25) is 24.1 Å². The first-order chi connectivity index (χ1) is 16.4. The largest absolute Gasteiger partial charge is 0.459 e. The van der Waals surface area contributed by atoms with Gasteiger partial charge in [0.2, 0.25) is 17.7 Å². The summed E-state index contributed by atoms with van der Waals surface area (Å²) >= 11 is 3.35. The quantitative estimate of drug-likeness (QED) is 0.577. The Bertz CT molecular complexity index is 1030. The lowest BCUT2D eigenvalue weighted by molar-refractivity contribution is -0.145. The molecule has 2 N–H and O–H groups in total. The van der Waals surface area contributed by atoms with Crippen molar-refractivity contribution in [2.75, 3.05) is 51.1 Å². The number of carbonyl (C=O) groups excluding carboxylic acids is 4. The van der Waals surface area contributed by atoms with Crippen molar-refractivity contribution in [3.63, 3.8) is 0 Å². The molecule has 0 radical (unpaired) electrons. The van der Waals surface area contributed by atoms with Gasteiger partial charge in [-0.2, -0.15) is 0 Å². The monoisotopic (exact) mass is 531 g/mol. The van der Waals surface area contributed by atoms with Gasteiger partial charge < -0.3 is 24.9 Å². The zero-order valence-corrected chi connectivity index (χ0v) is 20.1. The second kappa shape index (κ2) is 10.8. The Morgan fingerprint density at radius 2 is 1.79 bits per heavy atom. The van der Waals surface area contributed by atoms with Crippen LogP contribution in [0.5, 0.6) is 0 Å². The molecule has 10 nitrogen and oxygen atoms in total. The summed E-state index contributed by atoms with van der Waals surface area (Å²) < 4.78 is 6.07. The van der Waals surface area contributed by atoms with E-state index in [2.05, 4.69) is 26.6 Å². The number of anilines is 1. The lowest BCUT2D eigenvalue weighted by Crippen LogP contribution is -2.60. The predicted molar refractivity (Wildman–Crippen MR) is 127 cm³/mol. The third-order valence-electron chi connectivity index (χ3n) is 5.91. The van der Waals surface area contributed by atoms with Crippen LogP contribution in [0.4, 0.5) is 5.69 Å². The second-order valence-electron chi connectivity index (χ2n) is 8.20. The first-order valence-electron chi connectivity index (χ1n) is 11.1. The summed E-state index contributed by atoms with van der Waals surface area (Å²) in [7, 11) is 0. The van der Waals surface area contributed by atoms with Gasteiger partial charge in [0, 0.05) is 49.4 Å². The highest BCUT2D eigenvalue weighted by molar-refractivity contribution is 9.10. The summed E-state index contributed by atoms with van der Waals surface area (Å²) in [5, 5.41) is 5.51. The van der Waals surface area contributed by atoms with Gasteiger partial charge in [0.05, 0.1) is 19.2 Å². The lowest BCUT2D eigenvalue weighted by Gasteiger charge is -2.38. The summed E-state index contributed by atoms with van der Waals surface area (Å²) in [6.07, 6.45) is 1.34. The predicted octanol–water partition coefficient (Wildman–Crippen LogP) is 1.16. The number of halogens is 1. The molecule has 180 valence electrons. The molecule has 11 heteroatoms. The third kappa shape index (κ3) is 5.84. The maximum absolute atomic E-state index is 13.1. The molecule has 1 aromatic heterocycles. The van der Waals surface area contributed by atoms with Crippen molar-refractivity contribution >= 4 is 45.2 Å². The zero-order chi connectivity index (χ0) is 24.1. The van der Waals surface area contributed by atoms with E-state index in [1.165, 1.54) is 11.2 Å². The molecule has 2 saturated heterocycles. The van der Waals surface area contributed by atoms with Crippen LogP contribution in [0.1, 0.15) is 17.0 Å². The Morgan fingerprint density at radius 3 is 2.47 bits per heavy atom. The Kier molecular flexibility index (Phi) is 7.63. The molecule has 2 aliphatic rings. The number of furan rings is 1. The van der Waals surface area contributed by atoms with Crippen LogP contribution in [0.3, 0.4) is 0 Å².